The normalized spacial score (nSPS) is 11.6. The lowest BCUT2D eigenvalue weighted by molar-refractivity contribution is -0.139. The molecule has 1 rings (SSSR count). The minimum atomic E-state index is -1.14. The molecule has 1 unspecified atom stereocenters. The SMILES string of the molecule is C#CCC(NC(=O)c1cc(Br)cn1CC)C(=O)O. The number of nitrogens with one attached hydrogen (secondary N) is 1. The van der Waals surface area contributed by atoms with Crippen LogP contribution in [0, 0.1) is 12.3 Å². The zero-order chi connectivity index (χ0) is 13.7. The number of carbonyl (C=O) groups excluding carboxylic acids is 1. The summed E-state index contributed by atoms with van der Waals surface area (Å²) in [5.74, 6) is 0.631. The Balaban J connectivity index is 2.87. The van der Waals surface area contributed by atoms with E-state index in [4.69, 9.17) is 11.5 Å². The molecule has 0 saturated heterocycles. The van der Waals surface area contributed by atoms with Gasteiger partial charge in [-0.1, -0.05) is 0 Å². The van der Waals surface area contributed by atoms with Crippen molar-refractivity contribution in [2.75, 3.05) is 0 Å². The highest BCUT2D eigenvalue weighted by atomic mass is 79.9. The van der Waals surface area contributed by atoms with Crippen molar-refractivity contribution < 1.29 is 14.7 Å². The summed E-state index contributed by atoms with van der Waals surface area (Å²) in [6.07, 6.45) is 6.77. The van der Waals surface area contributed by atoms with E-state index < -0.39 is 17.9 Å². The molecule has 1 aromatic heterocycles. The topological polar surface area (TPSA) is 71.3 Å². The number of halogens is 1. The molecule has 1 amide bonds. The van der Waals surface area contributed by atoms with Crippen molar-refractivity contribution in [3.63, 3.8) is 0 Å². The summed E-state index contributed by atoms with van der Waals surface area (Å²) in [5.41, 5.74) is 0.396. The summed E-state index contributed by atoms with van der Waals surface area (Å²) in [5, 5.41) is 11.3. The van der Waals surface area contributed by atoms with Crippen LogP contribution in [0.15, 0.2) is 16.7 Å². The molecule has 1 aromatic rings. The van der Waals surface area contributed by atoms with E-state index in [0.29, 0.717) is 12.2 Å². The van der Waals surface area contributed by atoms with Crippen molar-refractivity contribution in [3.05, 3.63) is 22.4 Å². The molecule has 0 aromatic carbocycles. The maximum Gasteiger partial charge on any atom is 0.327 e. The summed E-state index contributed by atoms with van der Waals surface area (Å²) in [7, 11) is 0. The van der Waals surface area contributed by atoms with Gasteiger partial charge in [-0.3, -0.25) is 4.79 Å². The number of terminal acetylenes is 1. The predicted octanol–water partition coefficient (Wildman–Crippen LogP) is 1.48. The fraction of sp³-hybridized carbons (Fsp3) is 0.333. The molecule has 0 spiro atoms. The first-order valence-corrected chi connectivity index (χ1v) is 6.11. The molecular weight excluding hydrogens is 300 g/mol. The van der Waals surface area contributed by atoms with Crippen LogP contribution in [0.3, 0.4) is 0 Å². The smallest absolute Gasteiger partial charge is 0.327 e. The standard InChI is InChI=1S/C12H13BrN2O3/c1-3-5-9(12(17)18)14-11(16)10-6-8(13)7-15(10)4-2/h1,6-7,9H,4-5H2,2H3,(H,14,16)(H,17,18). The Morgan fingerprint density at radius 1 is 1.67 bits per heavy atom. The number of aromatic nitrogens is 1. The number of aryl methyl sites for hydroxylation is 1. The summed E-state index contributed by atoms with van der Waals surface area (Å²) in [6, 6.07) is 0.564. The predicted molar refractivity (Wildman–Crippen MR) is 70.1 cm³/mol. The van der Waals surface area contributed by atoms with Gasteiger partial charge >= 0.3 is 5.97 Å². The second-order valence-corrected chi connectivity index (χ2v) is 4.52. The van der Waals surface area contributed by atoms with Gasteiger partial charge in [-0.05, 0) is 28.9 Å². The van der Waals surface area contributed by atoms with E-state index in [-0.39, 0.29) is 6.42 Å². The summed E-state index contributed by atoms with van der Waals surface area (Å²) in [4.78, 5) is 22.8. The van der Waals surface area contributed by atoms with Gasteiger partial charge in [0.05, 0.1) is 0 Å². The number of carboxylic acids is 1. The van der Waals surface area contributed by atoms with E-state index in [9.17, 15) is 9.59 Å². The molecule has 1 atom stereocenters. The van der Waals surface area contributed by atoms with Gasteiger partial charge in [0.2, 0.25) is 0 Å². The average molecular weight is 313 g/mol. The highest BCUT2D eigenvalue weighted by molar-refractivity contribution is 9.10. The first-order chi connectivity index (χ1) is 8.49. The second kappa shape index (κ2) is 6.26. The molecule has 0 fully saturated rings. The first kappa shape index (κ1) is 14.3. The molecule has 5 nitrogen and oxygen atoms in total. The maximum atomic E-state index is 11.9. The highest BCUT2D eigenvalue weighted by Gasteiger charge is 2.21. The van der Waals surface area contributed by atoms with E-state index in [1.165, 1.54) is 0 Å². The van der Waals surface area contributed by atoms with Gasteiger partial charge < -0.3 is 15.0 Å². The van der Waals surface area contributed by atoms with Crippen molar-refractivity contribution in [2.45, 2.75) is 25.9 Å². The van der Waals surface area contributed by atoms with Crippen molar-refractivity contribution in [3.8, 4) is 12.3 Å². The van der Waals surface area contributed by atoms with Crippen LogP contribution in [0.25, 0.3) is 0 Å². The third kappa shape index (κ3) is 3.37. The van der Waals surface area contributed by atoms with E-state index in [0.717, 1.165) is 4.47 Å². The number of amides is 1. The van der Waals surface area contributed by atoms with E-state index in [1.807, 2.05) is 6.92 Å². The summed E-state index contributed by atoms with van der Waals surface area (Å²) in [6.45, 7) is 2.50. The quantitative estimate of drug-likeness (QED) is 0.809. The molecule has 6 heteroatoms. The molecule has 0 aliphatic carbocycles. The summed E-state index contributed by atoms with van der Waals surface area (Å²) >= 11 is 3.27. The number of carboxylic acid groups (broad SMARTS) is 1. The van der Waals surface area contributed by atoms with Gasteiger partial charge in [-0.15, -0.1) is 12.3 Å². The van der Waals surface area contributed by atoms with Crippen LogP contribution < -0.4 is 5.32 Å². The van der Waals surface area contributed by atoms with Gasteiger partial charge in [-0.25, -0.2) is 4.79 Å². The van der Waals surface area contributed by atoms with Crippen LogP contribution in [0.2, 0.25) is 0 Å². The lowest BCUT2D eigenvalue weighted by atomic mass is 10.2. The Labute approximate surface area is 113 Å². The Bertz CT molecular complexity index is 502. The van der Waals surface area contributed by atoms with Gasteiger partial charge in [0, 0.05) is 23.6 Å². The van der Waals surface area contributed by atoms with Gasteiger partial charge in [0.1, 0.15) is 11.7 Å². The van der Waals surface area contributed by atoms with Gasteiger partial charge in [-0.2, -0.15) is 0 Å². The lowest BCUT2D eigenvalue weighted by Gasteiger charge is -2.12. The van der Waals surface area contributed by atoms with Crippen LogP contribution in [-0.2, 0) is 11.3 Å². The fourth-order valence-electron chi connectivity index (χ4n) is 1.48. The monoisotopic (exact) mass is 312 g/mol. The largest absolute Gasteiger partial charge is 0.480 e. The Morgan fingerprint density at radius 2 is 2.33 bits per heavy atom. The van der Waals surface area contributed by atoms with E-state index >= 15 is 0 Å². The highest BCUT2D eigenvalue weighted by Crippen LogP contribution is 2.15. The zero-order valence-electron chi connectivity index (χ0n) is 9.81. The fourth-order valence-corrected chi connectivity index (χ4v) is 1.94. The molecule has 2 N–H and O–H groups in total. The molecule has 0 bridgehead atoms. The molecule has 18 heavy (non-hydrogen) atoms. The second-order valence-electron chi connectivity index (χ2n) is 3.60. The Morgan fingerprint density at radius 3 is 2.83 bits per heavy atom. The Hall–Kier alpha value is -1.74. The van der Waals surface area contributed by atoms with Crippen molar-refractivity contribution in [1.29, 1.82) is 0 Å². The van der Waals surface area contributed by atoms with Crippen LogP contribution in [0.5, 0.6) is 0 Å². The molecule has 0 aliphatic heterocycles. The zero-order valence-corrected chi connectivity index (χ0v) is 11.4. The number of rotatable bonds is 5. The molecule has 1 heterocycles. The maximum absolute atomic E-state index is 11.9. The van der Waals surface area contributed by atoms with Crippen LogP contribution in [0.1, 0.15) is 23.8 Å². The molecule has 0 saturated carbocycles. The third-order valence-corrected chi connectivity index (χ3v) is 2.80. The molecule has 0 radical (unpaired) electrons. The van der Waals surface area contributed by atoms with Crippen molar-refractivity contribution >= 4 is 27.8 Å². The lowest BCUT2D eigenvalue weighted by Crippen LogP contribution is -2.41. The summed E-state index contributed by atoms with van der Waals surface area (Å²) < 4.78 is 2.48. The minimum absolute atomic E-state index is 0.0466. The van der Waals surface area contributed by atoms with Crippen LogP contribution in [-0.4, -0.2) is 27.6 Å². The van der Waals surface area contributed by atoms with E-state index in [2.05, 4.69) is 27.2 Å². The number of hydrogen-bond donors (Lipinski definition) is 2. The van der Waals surface area contributed by atoms with Gasteiger partial charge in [0.15, 0.2) is 0 Å². The van der Waals surface area contributed by atoms with Crippen LogP contribution in [0.4, 0.5) is 0 Å². The van der Waals surface area contributed by atoms with Crippen molar-refractivity contribution in [1.82, 2.24) is 9.88 Å². The molecule has 0 aliphatic rings. The first-order valence-electron chi connectivity index (χ1n) is 5.32. The molecule has 96 valence electrons. The molecular formula is C12H13BrN2O3. The number of hydrogen-bond acceptors (Lipinski definition) is 2. The Kier molecular flexibility index (Phi) is 4.98. The number of carbonyl (C=O) groups is 2. The average Bonchev–Trinajstić information content (AvgIpc) is 2.69. The van der Waals surface area contributed by atoms with E-state index in [1.54, 1.807) is 16.8 Å². The van der Waals surface area contributed by atoms with Crippen molar-refractivity contribution in [2.24, 2.45) is 0 Å². The minimum Gasteiger partial charge on any atom is -0.480 e. The third-order valence-electron chi connectivity index (χ3n) is 2.36. The number of aliphatic carboxylic acids is 1. The van der Waals surface area contributed by atoms with Gasteiger partial charge in [0.25, 0.3) is 5.91 Å². The van der Waals surface area contributed by atoms with Crippen LogP contribution >= 0.6 is 15.9 Å². The number of nitrogens with zero attached hydrogens (tertiary/aromatic N) is 1.